The van der Waals surface area contributed by atoms with Crippen LogP contribution in [-0.2, 0) is 6.54 Å². The van der Waals surface area contributed by atoms with E-state index in [-0.39, 0.29) is 0 Å². The highest BCUT2D eigenvalue weighted by Crippen LogP contribution is 2.35. The third-order valence-electron chi connectivity index (χ3n) is 2.36. The van der Waals surface area contributed by atoms with E-state index in [4.69, 9.17) is 10.5 Å². The van der Waals surface area contributed by atoms with Crippen molar-refractivity contribution >= 4 is 0 Å². The molecule has 2 nitrogen and oxygen atoms in total. The highest BCUT2D eigenvalue weighted by atomic mass is 16.5. The Hall–Kier alpha value is -1.02. The van der Waals surface area contributed by atoms with Crippen LogP contribution < -0.4 is 10.5 Å². The molecular weight excluding hydrogens is 150 g/mol. The zero-order valence-electron chi connectivity index (χ0n) is 7.21. The van der Waals surface area contributed by atoms with Crippen LogP contribution in [0, 0.1) is 0 Å². The number of hydrogen-bond donors (Lipinski definition) is 1. The molecule has 2 N–H and O–H groups in total. The Bertz CT molecular complexity index is 296. The van der Waals surface area contributed by atoms with E-state index in [0.29, 0.717) is 12.5 Å². The normalized spacial score (nSPS) is 20.3. The van der Waals surface area contributed by atoms with Gasteiger partial charge < -0.3 is 10.5 Å². The van der Waals surface area contributed by atoms with E-state index >= 15 is 0 Å². The third-order valence-corrected chi connectivity index (χ3v) is 2.36. The van der Waals surface area contributed by atoms with E-state index in [1.54, 1.807) is 0 Å². The highest BCUT2D eigenvalue weighted by Gasteiger charge is 2.21. The Labute approximate surface area is 72.3 Å². The zero-order chi connectivity index (χ0) is 8.55. The number of rotatable bonds is 1. The van der Waals surface area contributed by atoms with Crippen molar-refractivity contribution in [1.29, 1.82) is 0 Å². The number of ether oxygens (including phenoxy) is 1. The molecule has 2 rings (SSSR count). The molecule has 1 aliphatic rings. The van der Waals surface area contributed by atoms with Crippen molar-refractivity contribution in [2.75, 3.05) is 6.61 Å². The van der Waals surface area contributed by atoms with Gasteiger partial charge in [-0.1, -0.05) is 25.1 Å². The number of benzene rings is 1. The van der Waals surface area contributed by atoms with Crippen LogP contribution >= 0.6 is 0 Å². The summed E-state index contributed by atoms with van der Waals surface area (Å²) in [5.74, 6) is 1.54. The van der Waals surface area contributed by atoms with Gasteiger partial charge in [-0.3, -0.25) is 0 Å². The molecular formula is C10H13NO. The summed E-state index contributed by atoms with van der Waals surface area (Å²) in [6.45, 7) is 3.54. The van der Waals surface area contributed by atoms with Gasteiger partial charge in [0.2, 0.25) is 0 Å². The van der Waals surface area contributed by atoms with E-state index in [1.165, 1.54) is 5.56 Å². The summed E-state index contributed by atoms with van der Waals surface area (Å²) in [4.78, 5) is 0. The maximum Gasteiger partial charge on any atom is 0.127 e. The van der Waals surface area contributed by atoms with Gasteiger partial charge in [-0.2, -0.15) is 0 Å². The molecule has 0 amide bonds. The summed E-state index contributed by atoms with van der Waals surface area (Å²) >= 11 is 0. The van der Waals surface area contributed by atoms with Crippen molar-refractivity contribution in [3.05, 3.63) is 29.3 Å². The Morgan fingerprint density at radius 3 is 3.17 bits per heavy atom. The Morgan fingerprint density at radius 2 is 2.42 bits per heavy atom. The molecule has 1 aromatic carbocycles. The number of hydrogen-bond acceptors (Lipinski definition) is 2. The van der Waals surface area contributed by atoms with E-state index in [9.17, 15) is 0 Å². The standard InChI is InChI=1S/C10H13NO/c1-7-6-12-10-8(5-11)3-2-4-9(7)10/h2-4,7H,5-6,11H2,1H3. The third kappa shape index (κ3) is 0.994. The van der Waals surface area contributed by atoms with Gasteiger partial charge >= 0.3 is 0 Å². The average molecular weight is 163 g/mol. The van der Waals surface area contributed by atoms with E-state index in [1.807, 2.05) is 12.1 Å². The number of para-hydroxylation sites is 1. The van der Waals surface area contributed by atoms with Crippen molar-refractivity contribution < 1.29 is 4.74 Å². The first-order chi connectivity index (χ1) is 5.83. The summed E-state index contributed by atoms with van der Waals surface area (Å²) in [7, 11) is 0. The summed E-state index contributed by atoms with van der Waals surface area (Å²) in [6.07, 6.45) is 0. The second kappa shape index (κ2) is 2.79. The molecule has 1 aliphatic heterocycles. The molecule has 1 heterocycles. The van der Waals surface area contributed by atoms with Gasteiger partial charge in [0.1, 0.15) is 5.75 Å². The lowest BCUT2D eigenvalue weighted by Gasteiger charge is -2.04. The van der Waals surface area contributed by atoms with Crippen molar-refractivity contribution in [3.63, 3.8) is 0 Å². The van der Waals surface area contributed by atoms with Gasteiger partial charge in [-0.25, -0.2) is 0 Å². The first kappa shape index (κ1) is 7.62. The van der Waals surface area contributed by atoms with Gasteiger partial charge in [0, 0.05) is 23.6 Å². The number of fused-ring (bicyclic) bond motifs is 1. The van der Waals surface area contributed by atoms with Crippen LogP contribution in [0.1, 0.15) is 24.0 Å². The molecule has 1 unspecified atom stereocenters. The van der Waals surface area contributed by atoms with E-state index in [0.717, 1.165) is 17.9 Å². The smallest absolute Gasteiger partial charge is 0.127 e. The van der Waals surface area contributed by atoms with Crippen LogP contribution in [0.5, 0.6) is 5.75 Å². The van der Waals surface area contributed by atoms with Gasteiger partial charge in [0.25, 0.3) is 0 Å². The molecule has 0 saturated carbocycles. The lowest BCUT2D eigenvalue weighted by molar-refractivity contribution is 0.334. The fourth-order valence-corrected chi connectivity index (χ4v) is 1.63. The molecule has 2 heteroatoms. The molecule has 0 radical (unpaired) electrons. The van der Waals surface area contributed by atoms with Crippen LogP contribution in [0.3, 0.4) is 0 Å². The molecule has 1 atom stereocenters. The van der Waals surface area contributed by atoms with Crippen LogP contribution in [0.25, 0.3) is 0 Å². The van der Waals surface area contributed by atoms with Gasteiger partial charge in [-0.15, -0.1) is 0 Å². The van der Waals surface area contributed by atoms with Crippen LogP contribution in [0.2, 0.25) is 0 Å². The molecule has 0 aromatic heterocycles. The second-order valence-corrected chi connectivity index (χ2v) is 3.25. The first-order valence-electron chi connectivity index (χ1n) is 4.27. The van der Waals surface area contributed by atoms with E-state index < -0.39 is 0 Å². The maximum absolute atomic E-state index is 5.59. The highest BCUT2D eigenvalue weighted by molar-refractivity contribution is 5.45. The Balaban J connectivity index is 2.50. The molecule has 1 aromatic rings. The lowest BCUT2D eigenvalue weighted by Crippen LogP contribution is -1.98. The molecule has 0 bridgehead atoms. The molecule has 12 heavy (non-hydrogen) atoms. The SMILES string of the molecule is CC1COc2c(CN)cccc21. The fourth-order valence-electron chi connectivity index (χ4n) is 1.63. The summed E-state index contributed by atoms with van der Waals surface area (Å²) in [5.41, 5.74) is 8.01. The minimum atomic E-state index is 0.520. The second-order valence-electron chi connectivity index (χ2n) is 3.25. The van der Waals surface area contributed by atoms with Gasteiger partial charge in [0.15, 0.2) is 0 Å². The van der Waals surface area contributed by atoms with Crippen molar-refractivity contribution in [2.24, 2.45) is 5.73 Å². The van der Waals surface area contributed by atoms with Crippen molar-refractivity contribution in [1.82, 2.24) is 0 Å². The fraction of sp³-hybridized carbons (Fsp3) is 0.400. The van der Waals surface area contributed by atoms with Crippen molar-refractivity contribution in [2.45, 2.75) is 19.4 Å². The molecule has 0 saturated heterocycles. The topological polar surface area (TPSA) is 35.2 Å². The predicted molar refractivity (Wildman–Crippen MR) is 48.2 cm³/mol. The average Bonchev–Trinajstić information content (AvgIpc) is 2.48. The predicted octanol–water partition coefficient (Wildman–Crippen LogP) is 1.64. The molecule has 0 aliphatic carbocycles. The number of nitrogens with two attached hydrogens (primary N) is 1. The van der Waals surface area contributed by atoms with Gasteiger partial charge in [-0.05, 0) is 0 Å². The molecule has 0 fully saturated rings. The largest absolute Gasteiger partial charge is 0.492 e. The lowest BCUT2D eigenvalue weighted by atomic mass is 10.0. The van der Waals surface area contributed by atoms with Crippen LogP contribution in [-0.4, -0.2) is 6.61 Å². The minimum absolute atomic E-state index is 0.520. The van der Waals surface area contributed by atoms with Crippen molar-refractivity contribution in [3.8, 4) is 5.75 Å². The van der Waals surface area contributed by atoms with E-state index in [2.05, 4.69) is 13.0 Å². The molecule has 64 valence electrons. The zero-order valence-corrected chi connectivity index (χ0v) is 7.21. The Kier molecular flexibility index (Phi) is 1.77. The monoisotopic (exact) mass is 163 g/mol. The summed E-state index contributed by atoms with van der Waals surface area (Å²) in [6, 6.07) is 6.19. The van der Waals surface area contributed by atoms with Gasteiger partial charge in [0.05, 0.1) is 6.61 Å². The quantitative estimate of drug-likeness (QED) is 0.683. The first-order valence-corrected chi connectivity index (χ1v) is 4.27. The van der Waals surface area contributed by atoms with Crippen LogP contribution in [0.15, 0.2) is 18.2 Å². The molecule has 0 spiro atoms. The summed E-state index contributed by atoms with van der Waals surface area (Å²) < 4.78 is 5.55. The maximum atomic E-state index is 5.59. The van der Waals surface area contributed by atoms with Crippen LogP contribution in [0.4, 0.5) is 0 Å². The minimum Gasteiger partial charge on any atom is -0.492 e. The summed E-state index contributed by atoms with van der Waals surface area (Å²) in [5, 5.41) is 0. The Morgan fingerprint density at radius 1 is 1.58 bits per heavy atom.